The Morgan fingerprint density at radius 3 is 2.56 bits per heavy atom. The lowest BCUT2D eigenvalue weighted by Gasteiger charge is -2.31. The third-order valence-corrected chi connectivity index (χ3v) is 3.59. The summed E-state index contributed by atoms with van der Waals surface area (Å²) in [5, 5.41) is 0. The zero-order chi connectivity index (χ0) is 13.2. The van der Waals surface area contributed by atoms with Crippen LogP contribution in [0.2, 0.25) is 0 Å². The quantitative estimate of drug-likeness (QED) is 0.783. The fourth-order valence-corrected chi connectivity index (χ4v) is 2.63. The van der Waals surface area contributed by atoms with E-state index in [0.717, 1.165) is 25.8 Å². The highest BCUT2D eigenvalue weighted by Gasteiger charge is 2.34. The van der Waals surface area contributed by atoms with E-state index in [1.54, 1.807) is 0 Å². The zero-order valence-electron chi connectivity index (χ0n) is 11.6. The first-order valence-corrected chi connectivity index (χ1v) is 6.83. The van der Waals surface area contributed by atoms with Gasteiger partial charge in [0.15, 0.2) is 0 Å². The van der Waals surface area contributed by atoms with E-state index in [2.05, 4.69) is 29.2 Å². The van der Waals surface area contributed by atoms with Crippen LogP contribution >= 0.6 is 0 Å². The van der Waals surface area contributed by atoms with E-state index in [9.17, 15) is 4.79 Å². The van der Waals surface area contributed by atoms with Crippen molar-refractivity contribution in [3.05, 3.63) is 35.9 Å². The summed E-state index contributed by atoms with van der Waals surface area (Å²) in [6.07, 6.45) is 3.26. The van der Waals surface area contributed by atoms with Gasteiger partial charge in [-0.2, -0.15) is 0 Å². The average Bonchev–Trinajstić information content (AvgIpc) is 2.76. The summed E-state index contributed by atoms with van der Waals surface area (Å²) in [6, 6.07) is 10.9. The number of carbonyl (C=O) groups is 1. The van der Waals surface area contributed by atoms with E-state index in [1.807, 2.05) is 26.8 Å². The molecule has 1 aliphatic heterocycles. The van der Waals surface area contributed by atoms with Gasteiger partial charge >= 0.3 is 0 Å². The fraction of sp³-hybridized carbons (Fsp3) is 0.562. The standard InChI is InChI=1S/C16H23NO/c1-16(2,3)15(18)17-11-7-10-14(17)12-13-8-5-4-6-9-13/h4-6,8-9,14H,7,10-12H2,1-3H3. The van der Waals surface area contributed by atoms with Crippen LogP contribution in [-0.4, -0.2) is 23.4 Å². The third kappa shape index (κ3) is 2.92. The summed E-state index contributed by atoms with van der Waals surface area (Å²) in [6.45, 7) is 6.95. The number of hydrogen-bond donors (Lipinski definition) is 0. The predicted molar refractivity (Wildman–Crippen MR) is 74.3 cm³/mol. The third-order valence-electron chi connectivity index (χ3n) is 3.59. The largest absolute Gasteiger partial charge is 0.339 e. The Balaban J connectivity index is 2.07. The lowest BCUT2D eigenvalue weighted by molar-refractivity contribution is -0.140. The smallest absolute Gasteiger partial charge is 0.228 e. The normalized spacial score (nSPS) is 20.2. The van der Waals surface area contributed by atoms with E-state index >= 15 is 0 Å². The van der Waals surface area contributed by atoms with Crippen molar-refractivity contribution >= 4 is 5.91 Å². The second-order valence-electron chi connectivity index (χ2n) is 6.23. The van der Waals surface area contributed by atoms with Crippen molar-refractivity contribution in [1.82, 2.24) is 4.90 Å². The minimum Gasteiger partial charge on any atom is -0.339 e. The van der Waals surface area contributed by atoms with Gasteiger partial charge in [-0.3, -0.25) is 4.79 Å². The Labute approximate surface area is 110 Å². The number of amides is 1. The van der Waals surface area contributed by atoms with Gasteiger partial charge in [0.1, 0.15) is 0 Å². The maximum absolute atomic E-state index is 12.4. The van der Waals surface area contributed by atoms with Gasteiger partial charge < -0.3 is 4.90 Å². The maximum Gasteiger partial charge on any atom is 0.228 e. The van der Waals surface area contributed by atoms with Gasteiger partial charge in [0.2, 0.25) is 5.91 Å². The molecule has 2 nitrogen and oxygen atoms in total. The minimum absolute atomic E-state index is 0.265. The molecule has 1 atom stereocenters. The van der Waals surface area contributed by atoms with E-state index in [4.69, 9.17) is 0 Å². The molecule has 1 amide bonds. The molecule has 98 valence electrons. The molecule has 18 heavy (non-hydrogen) atoms. The Morgan fingerprint density at radius 1 is 1.28 bits per heavy atom. The number of nitrogens with zero attached hydrogens (tertiary/aromatic N) is 1. The molecule has 1 heterocycles. The van der Waals surface area contributed by atoms with E-state index in [1.165, 1.54) is 5.56 Å². The second-order valence-corrected chi connectivity index (χ2v) is 6.23. The number of rotatable bonds is 2. The van der Waals surface area contributed by atoms with Crippen LogP contribution in [-0.2, 0) is 11.2 Å². The first-order chi connectivity index (χ1) is 8.48. The zero-order valence-corrected chi connectivity index (χ0v) is 11.6. The molecule has 0 spiro atoms. The minimum atomic E-state index is -0.265. The van der Waals surface area contributed by atoms with Gasteiger partial charge in [0.05, 0.1) is 0 Å². The predicted octanol–water partition coefficient (Wildman–Crippen LogP) is 3.27. The summed E-state index contributed by atoms with van der Waals surface area (Å²) >= 11 is 0. The lowest BCUT2D eigenvalue weighted by Crippen LogP contribution is -2.43. The molecule has 1 aliphatic rings. The number of hydrogen-bond acceptors (Lipinski definition) is 1. The van der Waals surface area contributed by atoms with E-state index in [0.29, 0.717) is 11.9 Å². The molecular weight excluding hydrogens is 222 g/mol. The fourth-order valence-electron chi connectivity index (χ4n) is 2.63. The number of carbonyl (C=O) groups excluding carboxylic acids is 1. The highest BCUT2D eigenvalue weighted by Crippen LogP contribution is 2.27. The molecule has 0 saturated carbocycles. The summed E-state index contributed by atoms with van der Waals surface area (Å²) in [5.41, 5.74) is 1.07. The van der Waals surface area contributed by atoms with Crippen LogP contribution < -0.4 is 0 Å². The van der Waals surface area contributed by atoms with Crippen LogP contribution in [0.15, 0.2) is 30.3 Å². The van der Waals surface area contributed by atoms with Crippen molar-refractivity contribution < 1.29 is 4.79 Å². The van der Waals surface area contributed by atoms with Gasteiger partial charge in [0, 0.05) is 18.0 Å². The molecule has 1 aromatic rings. The molecule has 0 N–H and O–H groups in total. The van der Waals surface area contributed by atoms with Crippen LogP contribution in [0.25, 0.3) is 0 Å². The summed E-state index contributed by atoms with van der Waals surface area (Å²) in [5.74, 6) is 0.293. The first kappa shape index (κ1) is 13.1. The van der Waals surface area contributed by atoms with Gasteiger partial charge in [-0.25, -0.2) is 0 Å². The van der Waals surface area contributed by atoms with Crippen molar-refractivity contribution in [1.29, 1.82) is 0 Å². The molecule has 2 rings (SSSR count). The van der Waals surface area contributed by atoms with Gasteiger partial charge in [-0.1, -0.05) is 51.1 Å². The van der Waals surface area contributed by atoms with E-state index in [-0.39, 0.29) is 5.41 Å². The van der Waals surface area contributed by atoms with Crippen molar-refractivity contribution in [3.8, 4) is 0 Å². The Bertz CT molecular complexity index is 405. The number of benzene rings is 1. The Kier molecular flexibility index (Phi) is 3.74. The van der Waals surface area contributed by atoms with Crippen LogP contribution in [0.1, 0.15) is 39.2 Å². The first-order valence-electron chi connectivity index (χ1n) is 6.83. The van der Waals surface area contributed by atoms with Gasteiger partial charge in [-0.05, 0) is 24.8 Å². The van der Waals surface area contributed by atoms with Crippen molar-refractivity contribution in [2.45, 2.75) is 46.1 Å². The SMILES string of the molecule is CC(C)(C)C(=O)N1CCCC1Cc1ccccc1. The Morgan fingerprint density at radius 2 is 1.94 bits per heavy atom. The average molecular weight is 245 g/mol. The van der Waals surface area contributed by atoms with Gasteiger partial charge in [-0.15, -0.1) is 0 Å². The molecule has 0 bridgehead atoms. The molecule has 1 fully saturated rings. The van der Waals surface area contributed by atoms with Crippen molar-refractivity contribution in [2.75, 3.05) is 6.54 Å². The second kappa shape index (κ2) is 5.13. The highest BCUT2D eigenvalue weighted by molar-refractivity contribution is 5.82. The summed E-state index contributed by atoms with van der Waals surface area (Å²) < 4.78 is 0. The van der Waals surface area contributed by atoms with Crippen LogP contribution in [0.5, 0.6) is 0 Å². The van der Waals surface area contributed by atoms with Crippen LogP contribution in [0.3, 0.4) is 0 Å². The lowest BCUT2D eigenvalue weighted by atomic mass is 9.93. The molecule has 0 aliphatic carbocycles. The number of likely N-dealkylation sites (tertiary alicyclic amines) is 1. The van der Waals surface area contributed by atoms with E-state index < -0.39 is 0 Å². The molecule has 2 heteroatoms. The van der Waals surface area contributed by atoms with Crippen molar-refractivity contribution in [2.24, 2.45) is 5.41 Å². The molecule has 0 radical (unpaired) electrons. The van der Waals surface area contributed by atoms with Crippen LogP contribution in [0.4, 0.5) is 0 Å². The van der Waals surface area contributed by atoms with Crippen molar-refractivity contribution in [3.63, 3.8) is 0 Å². The molecule has 1 unspecified atom stereocenters. The molecule has 1 saturated heterocycles. The summed E-state index contributed by atoms with van der Waals surface area (Å²) in [4.78, 5) is 14.5. The topological polar surface area (TPSA) is 20.3 Å². The molecular formula is C16H23NO. The molecule has 1 aromatic carbocycles. The Hall–Kier alpha value is -1.31. The molecule has 0 aromatic heterocycles. The van der Waals surface area contributed by atoms with Crippen LogP contribution in [0, 0.1) is 5.41 Å². The maximum atomic E-state index is 12.4. The monoisotopic (exact) mass is 245 g/mol. The highest BCUT2D eigenvalue weighted by atomic mass is 16.2. The van der Waals surface area contributed by atoms with Gasteiger partial charge in [0.25, 0.3) is 0 Å². The summed E-state index contributed by atoms with van der Waals surface area (Å²) in [7, 11) is 0.